The minimum atomic E-state index is -1.02. The Morgan fingerprint density at radius 1 is 0.912 bits per heavy atom. The fraction of sp³-hybridized carbons (Fsp3) is 0.241. The third-order valence-electron chi connectivity index (χ3n) is 6.03. The second-order valence-electron chi connectivity index (χ2n) is 8.27. The highest BCUT2D eigenvalue weighted by atomic mass is 16.5. The highest BCUT2D eigenvalue weighted by Crippen LogP contribution is 2.30. The van der Waals surface area contributed by atoms with E-state index < -0.39 is 17.9 Å². The van der Waals surface area contributed by atoms with Gasteiger partial charge in [-0.15, -0.1) is 0 Å². The van der Waals surface area contributed by atoms with E-state index in [1.165, 1.54) is 4.90 Å². The van der Waals surface area contributed by atoms with Crippen LogP contribution in [0.3, 0.4) is 0 Å². The molecule has 1 aliphatic heterocycles. The van der Waals surface area contributed by atoms with Gasteiger partial charge in [0.1, 0.15) is 12.6 Å². The number of piperidine rings is 1. The number of likely N-dealkylation sites (tertiary alicyclic amines) is 1. The Bertz CT molecular complexity index is 1110. The zero-order valence-corrected chi connectivity index (χ0v) is 18.8. The van der Waals surface area contributed by atoms with Crippen LogP contribution in [0, 0.1) is 11.8 Å². The summed E-state index contributed by atoms with van der Waals surface area (Å²) in [5.41, 5.74) is 2.59. The standard InChI is InChI=1S/C29H27NO4/c31-28(27(23-14-6-2-7-15-23)24-16-8-3-9-17-24)30-19-18-25(21-26(30)29(32)33)34-20-10-13-22-11-4-1-5-12-22/h1-9,11-12,14-17,25-27H,18-21H2,(H,32,33)/t25-,26+/m1/s1. The van der Waals surface area contributed by atoms with E-state index in [1.54, 1.807) is 0 Å². The van der Waals surface area contributed by atoms with E-state index in [1.807, 2.05) is 91.0 Å². The second kappa shape index (κ2) is 11.3. The van der Waals surface area contributed by atoms with Crippen LogP contribution in [0.5, 0.6) is 0 Å². The Hall–Kier alpha value is -3.88. The van der Waals surface area contributed by atoms with Gasteiger partial charge in [-0.1, -0.05) is 90.7 Å². The lowest BCUT2D eigenvalue weighted by Gasteiger charge is -2.38. The summed E-state index contributed by atoms with van der Waals surface area (Å²) in [4.78, 5) is 27.4. The molecule has 0 aromatic heterocycles. The van der Waals surface area contributed by atoms with Crippen LogP contribution in [-0.2, 0) is 14.3 Å². The van der Waals surface area contributed by atoms with Crippen LogP contribution in [0.25, 0.3) is 0 Å². The van der Waals surface area contributed by atoms with E-state index in [0.29, 0.717) is 13.0 Å². The molecule has 0 spiro atoms. The molecule has 2 atom stereocenters. The van der Waals surface area contributed by atoms with Gasteiger partial charge in [-0.2, -0.15) is 0 Å². The average molecular weight is 454 g/mol. The van der Waals surface area contributed by atoms with Crippen molar-refractivity contribution in [1.29, 1.82) is 0 Å². The summed E-state index contributed by atoms with van der Waals surface area (Å²) in [6, 6.07) is 27.7. The summed E-state index contributed by atoms with van der Waals surface area (Å²) in [6.07, 6.45) is 0.547. The molecule has 1 aliphatic rings. The molecule has 1 fully saturated rings. The van der Waals surface area contributed by atoms with Crippen molar-refractivity contribution in [2.24, 2.45) is 0 Å². The van der Waals surface area contributed by atoms with E-state index in [9.17, 15) is 14.7 Å². The van der Waals surface area contributed by atoms with Crippen LogP contribution in [0.15, 0.2) is 91.0 Å². The molecule has 5 nitrogen and oxygen atoms in total. The summed E-state index contributed by atoms with van der Waals surface area (Å²) in [7, 11) is 0. The number of rotatable bonds is 6. The predicted octanol–water partition coefficient (Wildman–Crippen LogP) is 4.33. The molecule has 172 valence electrons. The molecule has 0 aliphatic carbocycles. The van der Waals surface area contributed by atoms with Gasteiger partial charge in [-0.25, -0.2) is 4.79 Å². The quantitative estimate of drug-likeness (QED) is 0.564. The van der Waals surface area contributed by atoms with E-state index >= 15 is 0 Å². The Morgan fingerprint density at radius 3 is 2.03 bits per heavy atom. The lowest BCUT2D eigenvalue weighted by atomic mass is 9.88. The van der Waals surface area contributed by atoms with Crippen molar-refractivity contribution in [3.05, 3.63) is 108 Å². The molecular weight excluding hydrogens is 426 g/mol. The molecule has 1 N–H and O–H groups in total. The topological polar surface area (TPSA) is 66.8 Å². The molecule has 1 amide bonds. The average Bonchev–Trinajstić information content (AvgIpc) is 2.88. The van der Waals surface area contributed by atoms with Crippen molar-refractivity contribution in [2.45, 2.75) is 30.9 Å². The van der Waals surface area contributed by atoms with Gasteiger partial charge in [0.15, 0.2) is 0 Å². The van der Waals surface area contributed by atoms with Crippen LogP contribution in [0.1, 0.15) is 35.4 Å². The number of carbonyl (C=O) groups is 2. The van der Waals surface area contributed by atoms with Gasteiger partial charge in [-0.3, -0.25) is 4.79 Å². The fourth-order valence-corrected chi connectivity index (χ4v) is 4.34. The summed E-state index contributed by atoms with van der Waals surface area (Å²) < 4.78 is 5.87. The Morgan fingerprint density at radius 2 is 1.47 bits per heavy atom. The molecule has 0 bridgehead atoms. The van der Waals surface area contributed by atoms with E-state index in [-0.39, 0.29) is 25.0 Å². The lowest BCUT2D eigenvalue weighted by Crippen LogP contribution is -2.53. The van der Waals surface area contributed by atoms with E-state index in [2.05, 4.69) is 11.8 Å². The van der Waals surface area contributed by atoms with Gasteiger partial charge < -0.3 is 14.7 Å². The fourth-order valence-electron chi connectivity index (χ4n) is 4.34. The van der Waals surface area contributed by atoms with Crippen molar-refractivity contribution < 1.29 is 19.4 Å². The number of amides is 1. The first-order valence-electron chi connectivity index (χ1n) is 11.4. The maximum atomic E-state index is 13.7. The SMILES string of the molecule is O=C(O)[C@@H]1C[C@H](OCC#Cc2ccccc2)CCN1C(=O)C(c1ccccc1)c1ccccc1. The molecule has 0 radical (unpaired) electrons. The monoisotopic (exact) mass is 453 g/mol. The Labute approximate surface area is 200 Å². The van der Waals surface area contributed by atoms with Crippen LogP contribution in [-0.4, -0.2) is 47.2 Å². The van der Waals surface area contributed by atoms with Gasteiger partial charge in [-0.05, 0) is 29.7 Å². The molecule has 1 saturated heterocycles. The number of nitrogens with zero attached hydrogens (tertiary/aromatic N) is 1. The normalized spacial score (nSPS) is 17.6. The first kappa shape index (κ1) is 23.3. The minimum absolute atomic E-state index is 0.202. The van der Waals surface area contributed by atoms with Crippen LogP contribution >= 0.6 is 0 Å². The molecular formula is C29H27NO4. The third-order valence-corrected chi connectivity index (χ3v) is 6.03. The number of aliphatic carboxylic acids is 1. The first-order chi connectivity index (χ1) is 16.6. The summed E-state index contributed by atoms with van der Waals surface area (Å²) in [5.74, 6) is 4.25. The molecule has 0 saturated carbocycles. The van der Waals surface area contributed by atoms with Crippen molar-refractivity contribution in [3.8, 4) is 11.8 Å². The van der Waals surface area contributed by atoms with Crippen molar-refractivity contribution in [3.63, 3.8) is 0 Å². The minimum Gasteiger partial charge on any atom is -0.480 e. The van der Waals surface area contributed by atoms with Crippen LogP contribution < -0.4 is 0 Å². The highest BCUT2D eigenvalue weighted by molar-refractivity contribution is 5.91. The number of ether oxygens (including phenoxy) is 1. The molecule has 3 aromatic rings. The second-order valence-corrected chi connectivity index (χ2v) is 8.27. The van der Waals surface area contributed by atoms with Crippen LogP contribution in [0.2, 0.25) is 0 Å². The maximum absolute atomic E-state index is 13.7. The number of carboxylic acid groups (broad SMARTS) is 1. The molecule has 0 unspecified atom stereocenters. The van der Waals surface area contributed by atoms with Crippen molar-refractivity contribution >= 4 is 11.9 Å². The molecule has 34 heavy (non-hydrogen) atoms. The van der Waals surface area contributed by atoms with Gasteiger partial charge >= 0.3 is 5.97 Å². The van der Waals surface area contributed by atoms with Crippen molar-refractivity contribution in [1.82, 2.24) is 4.90 Å². The zero-order chi connectivity index (χ0) is 23.8. The molecule has 4 rings (SSSR count). The van der Waals surface area contributed by atoms with Crippen LogP contribution in [0.4, 0.5) is 0 Å². The summed E-state index contributed by atoms with van der Waals surface area (Å²) in [5, 5.41) is 9.94. The molecule has 3 aromatic carbocycles. The number of benzene rings is 3. The largest absolute Gasteiger partial charge is 0.480 e. The predicted molar refractivity (Wildman–Crippen MR) is 130 cm³/mol. The van der Waals surface area contributed by atoms with Crippen molar-refractivity contribution in [2.75, 3.05) is 13.2 Å². The Kier molecular flexibility index (Phi) is 7.75. The van der Waals surface area contributed by atoms with Gasteiger partial charge in [0.05, 0.1) is 12.0 Å². The lowest BCUT2D eigenvalue weighted by molar-refractivity contribution is -0.155. The summed E-state index contributed by atoms with van der Waals surface area (Å²) >= 11 is 0. The zero-order valence-electron chi connectivity index (χ0n) is 18.8. The number of carboxylic acids is 1. The highest BCUT2D eigenvalue weighted by Gasteiger charge is 2.39. The van der Waals surface area contributed by atoms with Gasteiger partial charge in [0, 0.05) is 18.5 Å². The van der Waals surface area contributed by atoms with Gasteiger partial charge in [0.2, 0.25) is 5.91 Å². The molecule has 5 heteroatoms. The summed E-state index contributed by atoms with van der Waals surface area (Å²) in [6.45, 7) is 0.541. The number of hydrogen-bond donors (Lipinski definition) is 1. The van der Waals surface area contributed by atoms with Gasteiger partial charge in [0.25, 0.3) is 0 Å². The first-order valence-corrected chi connectivity index (χ1v) is 11.4. The third kappa shape index (κ3) is 5.72. The number of carbonyl (C=O) groups excluding carboxylic acids is 1. The Balaban J connectivity index is 1.47. The maximum Gasteiger partial charge on any atom is 0.326 e. The smallest absolute Gasteiger partial charge is 0.326 e. The van der Waals surface area contributed by atoms with E-state index in [0.717, 1.165) is 16.7 Å². The number of hydrogen-bond acceptors (Lipinski definition) is 3. The molecule has 1 heterocycles. The van der Waals surface area contributed by atoms with E-state index in [4.69, 9.17) is 4.74 Å².